The first-order valence-electron chi connectivity index (χ1n) is 10.2. The molecular formula is C25H23NO5S. The van der Waals surface area contributed by atoms with E-state index in [0.29, 0.717) is 17.0 Å². The van der Waals surface area contributed by atoms with E-state index in [0.717, 1.165) is 12.0 Å². The van der Waals surface area contributed by atoms with Crippen LogP contribution < -0.4 is 9.64 Å². The highest BCUT2D eigenvalue weighted by atomic mass is 32.2. The number of rotatable bonds is 6. The minimum absolute atomic E-state index is 0.0149. The molecule has 164 valence electrons. The fraction of sp³-hybridized carbons (Fsp3) is 0.160. The number of hydrogen-bond acceptors (Lipinski definition) is 5. The molecule has 1 atom stereocenters. The number of amides is 1. The number of sulfone groups is 1. The summed E-state index contributed by atoms with van der Waals surface area (Å²) in [5.74, 6) is -0.943. The second-order valence-corrected chi connectivity index (χ2v) is 9.32. The van der Waals surface area contributed by atoms with Crippen LogP contribution in [0.2, 0.25) is 0 Å². The normalized spacial score (nSPS) is 16.5. The predicted octanol–water partition coefficient (Wildman–Crippen LogP) is 4.59. The number of hydrogen-bond donors (Lipinski definition) is 1. The molecule has 0 saturated carbocycles. The summed E-state index contributed by atoms with van der Waals surface area (Å²) in [6.07, 6.45) is 0.822. The Morgan fingerprint density at radius 3 is 2.12 bits per heavy atom. The van der Waals surface area contributed by atoms with Crippen LogP contribution in [-0.2, 0) is 21.1 Å². The lowest BCUT2D eigenvalue weighted by atomic mass is 10.0. The minimum atomic E-state index is -4.15. The van der Waals surface area contributed by atoms with E-state index >= 15 is 0 Å². The lowest BCUT2D eigenvalue weighted by Crippen LogP contribution is -2.31. The third-order valence-electron chi connectivity index (χ3n) is 5.56. The monoisotopic (exact) mass is 449 g/mol. The molecule has 1 N–H and O–H groups in total. The van der Waals surface area contributed by atoms with Crippen LogP contribution in [0.5, 0.6) is 5.75 Å². The summed E-state index contributed by atoms with van der Waals surface area (Å²) in [4.78, 5) is 14.2. The van der Waals surface area contributed by atoms with Crippen molar-refractivity contribution in [3.8, 4) is 5.75 Å². The number of aliphatic hydroxyl groups is 1. The van der Waals surface area contributed by atoms with E-state index in [-0.39, 0.29) is 9.80 Å². The number of methoxy groups -OCH3 is 1. The van der Waals surface area contributed by atoms with Gasteiger partial charge in [-0.1, -0.05) is 49.4 Å². The van der Waals surface area contributed by atoms with Gasteiger partial charge in [0.1, 0.15) is 16.7 Å². The number of nitrogens with zero attached hydrogens (tertiary/aromatic N) is 1. The van der Waals surface area contributed by atoms with Crippen LogP contribution in [0.1, 0.15) is 24.1 Å². The Balaban J connectivity index is 1.91. The molecule has 3 aromatic carbocycles. The van der Waals surface area contributed by atoms with Crippen LogP contribution >= 0.6 is 0 Å². The summed E-state index contributed by atoms with van der Waals surface area (Å²) in [6, 6.07) is 20.9. The predicted molar refractivity (Wildman–Crippen MR) is 122 cm³/mol. The van der Waals surface area contributed by atoms with Crippen LogP contribution in [0.4, 0.5) is 5.69 Å². The molecule has 1 aliphatic rings. The molecular weight excluding hydrogens is 426 g/mol. The Labute approximate surface area is 187 Å². The van der Waals surface area contributed by atoms with Gasteiger partial charge in [0.05, 0.1) is 12.0 Å². The van der Waals surface area contributed by atoms with Gasteiger partial charge >= 0.3 is 0 Å². The van der Waals surface area contributed by atoms with Crippen LogP contribution in [0.3, 0.4) is 0 Å². The van der Waals surface area contributed by atoms with Crippen LogP contribution in [0.15, 0.2) is 94.4 Å². The van der Waals surface area contributed by atoms with Crippen molar-refractivity contribution in [2.24, 2.45) is 0 Å². The van der Waals surface area contributed by atoms with E-state index in [4.69, 9.17) is 4.74 Å². The first kappa shape index (κ1) is 21.6. The van der Waals surface area contributed by atoms with Crippen LogP contribution in [0.25, 0.3) is 0 Å². The molecule has 4 rings (SSSR count). The lowest BCUT2D eigenvalue weighted by Gasteiger charge is -2.27. The maximum Gasteiger partial charge on any atom is 0.295 e. The third-order valence-corrected chi connectivity index (χ3v) is 7.45. The third kappa shape index (κ3) is 3.65. The zero-order valence-electron chi connectivity index (χ0n) is 17.7. The molecule has 0 saturated heterocycles. The first-order valence-corrected chi connectivity index (χ1v) is 11.7. The highest BCUT2D eigenvalue weighted by Crippen LogP contribution is 2.45. The summed E-state index contributed by atoms with van der Waals surface area (Å²) in [5, 5.41) is 10.8. The van der Waals surface area contributed by atoms with E-state index < -0.39 is 27.5 Å². The number of aliphatic hydroxyl groups excluding tert-OH is 1. The van der Waals surface area contributed by atoms with E-state index in [1.165, 1.54) is 24.1 Å². The lowest BCUT2D eigenvalue weighted by molar-refractivity contribution is -0.117. The van der Waals surface area contributed by atoms with Gasteiger partial charge < -0.3 is 9.84 Å². The van der Waals surface area contributed by atoms with E-state index in [1.54, 1.807) is 54.6 Å². The van der Waals surface area contributed by atoms with Gasteiger partial charge in [0.25, 0.3) is 5.91 Å². The highest BCUT2D eigenvalue weighted by Gasteiger charge is 2.47. The molecule has 0 aliphatic carbocycles. The van der Waals surface area contributed by atoms with E-state index in [9.17, 15) is 18.3 Å². The molecule has 0 radical (unpaired) electrons. The maximum absolute atomic E-state index is 13.6. The molecule has 0 unspecified atom stereocenters. The summed E-state index contributed by atoms with van der Waals surface area (Å²) in [5.41, 5.74) is 2.12. The summed E-state index contributed by atoms with van der Waals surface area (Å²) >= 11 is 0. The fourth-order valence-electron chi connectivity index (χ4n) is 3.83. The Hall–Kier alpha value is -3.58. The zero-order chi connectivity index (χ0) is 22.9. The molecule has 6 nitrogen and oxygen atoms in total. The minimum Gasteiger partial charge on any atom is -0.502 e. The van der Waals surface area contributed by atoms with Crippen molar-refractivity contribution in [2.75, 3.05) is 12.0 Å². The van der Waals surface area contributed by atoms with Crippen molar-refractivity contribution < 1.29 is 23.1 Å². The van der Waals surface area contributed by atoms with Gasteiger partial charge in [-0.25, -0.2) is 8.42 Å². The van der Waals surface area contributed by atoms with Gasteiger partial charge in [-0.2, -0.15) is 0 Å². The molecule has 7 heteroatoms. The largest absolute Gasteiger partial charge is 0.502 e. The zero-order valence-corrected chi connectivity index (χ0v) is 18.5. The molecule has 0 spiro atoms. The van der Waals surface area contributed by atoms with E-state index in [1.807, 2.05) is 19.1 Å². The maximum atomic E-state index is 13.6. The van der Waals surface area contributed by atoms with Gasteiger partial charge in [-0.3, -0.25) is 9.69 Å². The highest BCUT2D eigenvalue weighted by molar-refractivity contribution is 7.95. The molecule has 32 heavy (non-hydrogen) atoms. The summed E-state index contributed by atoms with van der Waals surface area (Å²) in [6.45, 7) is 2.02. The molecule has 1 amide bonds. The van der Waals surface area contributed by atoms with Gasteiger partial charge in [0, 0.05) is 5.69 Å². The van der Waals surface area contributed by atoms with Crippen LogP contribution in [0, 0.1) is 0 Å². The van der Waals surface area contributed by atoms with Gasteiger partial charge in [0.15, 0.2) is 5.76 Å². The number of carbonyl (C=O) groups excluding carboxylic acids is 1. The quantitative estimate of drug-likeness (QED) is 0.595. The molecule has 1 aliphatic heterocycles. The fourth-order valence-corrected chi connectivity index (χ4v) is 5.48. The smallest absolute Gasteiger partial charge is 0.295 e. The summed E-state index contributed by atoms with van der Waals surface area (Å²) in [7, 11) is -2.61. The Morgan fingerprint density at radius 2 is 1.56 bits per heavy atom. The number of carbonyl (C=O) groups is 1. The Bertz CT molecular complexity index is 1260. The van der Waals surface area contributed by atoms with Crippen molar-refractivity contribution >= 4 is 21.4 Å². The second-order valence-electron chi connectivity index (χ2n) is 7.40. The van der Waals surface area contributed by atoms with Crippen molar-refractivity contribution in [3.05, 3.63) is 101 Å². The topological polar surface area (TPSA) is 83.9 Å². The SMILES string of the molecule is CCc1ccc([C@H]2C(S(=O)(=O)c3ccccc3)=C(O)C(=O)N2c2ccc(OC)cc2)cc1. The standard InChI is InChI=1S/C25H23NO5S/c1-3-17-9-11-18(12-10-17)22-24(32(29,30)21-7-5-4-6-8-21)23(27)25(28)26(22)19-13-15-20(31-2)16-14-19/h4-16,22,27H,3H2,1-2H3/t22-/m0/s1. The van der Waals surface area contributed by atoms with Crippen LogP contribution in [-0.4, -0.2) is 26.5 Å². The molecule has 1 heterocycles. The van der Waals surface area contributed by atoms with Crippen molar-refractivity contribution in [1.29, 1.82) is 0 Å². The van der Waals surface area contributed by atoms with Gasteiger partial charge in [-0.05, 0) is 53.9 Å². The van der Waals surface area contributed by atoms with Gasteiger partial charge in [0.2, 0.25) is 9.84 Å². The summed E-state index contributed by atoms with van der Waals surface area (Å²) < 4.78 is 32.3. The van der Waals surface area contributed by atoms with Gasteiger partial charge in [-0.15, -0.1) is 0 Å². The number of benzene rings is 3. The average molecular weight is 450 g/mol. The molecule has 0 bridgehead atoms. The number of ether oxygens (including phenoxy) is 1. The molecule has 0 aromatic heterocycles. The Morgan fingerprint density at radius 1 is 0.938 bits per heavy atom. The second kappa shape index (κ2) is 8.51. The van der Waals surface area contributed by atoms with Crippen molar-refractivity contribution in [3.63, 3.8) is 0 Å². The van der Waals surface area contributed by atoms with E-state index in [2.05, 4.69) is 0 Å². The molecule has 0 fully saturated rings. The molecule has 3 aromatic rings. The van der Waals surface area contributed by atoms with Crippen molar-refractivity contribution in [1.82, 2.24) is 0 Å². The number of aryl methyl sites for hydroxylation is 1. The number of anilines is 1. The average Bonchev–Trinajstić information content (AvgIpc) is 3.10. The Kier molecular flexibility index (Phi) is 5.76. The first-order chi connectivity index (χ1) is 15.4. The van der Waals surface area contributed by atoms with Crippen molar-refractivity contribution in [2.45, 2.75) is 24.3 Å².